The van der Waals surface area contributed by atoms with Crippen LogP contribution in [-0.2, 0) is 9.59 Å². The number of hydrogen-bond donors (Lipinski definition) is 1. The van der Waals surface area contributed by atoms with Gasteiger partial charge in [0.1, 0.15) is 24.7 Å². The Bertz CT molecular complexity index is 1100. The van der Waals surface area contributed by atoms with Crippen LogP contribution in [0.2, 0.25) is 0 Å². The molecule has 1 N–H and O–H groups in total. The molecule has 5 rings (SSSR count). The highest BCUT2D eigenvalue weighted by atomic mass is 16.6. The molecular formula is C26H27NO6. The van der Waals surface area contributed by atoms with E-state index >= 15 is 0 Å². The number of aliphatic hydroxyl groups is 1. The highest BCUT2D eigenvalue weighted by Crippen LogP contribution is 2.44. The van der Waals surface area contributed by atoms with Crippen LogP contribution < -0.4 is 14.2 Å². The number of hydrogen-bond acceptors (Lipinski definition) is 6. The van der Waals surface area contributed by atoms with Crippen molar-refractivity contribution < 1.29 is 28.9 Å². The molecule has 0 bridgehead atoms. The van der Waals surface area contributed by atoms with Gasteiger partial charge < -0.3 is 24.2 Å². The molecule has 3 aliphatic rings. The van der Waals surface area contributed by atoms with Crippen LogP contribution in [0.5, 0.6) is 17.2 Å². The molecule has 7 heteroatoms. The predicted octanol–water partition coefficient (Wildman–Crippen LogP) is 4.22. The summed E-state index contributed by atoms with van der Waals surface area (Å²) < 4.78 is 16.8. The van der Waals surface area contributed by atoms with E-state index < -0.39 is 17.7 Å². The SMILES string of the molecule is CCOc1ccc(C2/C(=C(/O)c3ccc4c(c3)OCCO4)C(=O)C(=O)N2C2CCCC2)cc1. The smallest absolute Gasteiger partial charge is 0.295 e. The number of ketones is 1. The summed E-state index contributed by atoms with van der Waals surface area (Å²) in [6.45, 7) is 3.33. The normalized spacial score (nSPS) is 22.1. The van der Waals surface area contributed by atoms with Gasteiger partial charge >= 0.3 is 0 Å². The molecule has 2 fully saturated rings. The van der Waals surface area contributed by atoms with E-state index in [2.05, 4.69) is 0 Å². The fourth-order valence-corrected chi connectivity index (χ4v) is 5.00. The Balaban J connectivity index is 1.61. The van der Waals surface area contributed by atoms with Gasteiger partial charge in [-0.1, -0.05) is 25.0 Å². The maximum absolute atomic E-state index is 13.2. The minimum Gasteiger partial charge on any atom is -0.507 e. The summed E-state index contributed by atoms with van der Waals surface area (Å²) in [5, 5.41) is 11.3. The lowest BCUT2D eigenvalue weighted by atomic mass is 9.94. The number of nitrogens with zero attached hydrogens (tertiary/aromatic N) is 1. The van der Waals surface area contributed by atoms with Crippen LogP contribution in [-0.4, -0.2) is 47.6 Å². The van der Waals surface area contributed by atoms with E-state index in [1.165, 1.54) is 0 Å². The largest absolute Gasteiger partial charge is 0.507 e. The van der Waals surface area contributed by atoms with Gasteiger partial charge in [0, 0.05) is 11.6 Å². The van der Waals surface area contributed by atoms with E-state index in [4.69, 9.17) is 14.2 Å². The number of ether oxygens (including phenoxy) is 3. The number of aliphatic hydroxyl groups excluding tert-OH is 1. The maximum atomic E-state index is 13.2. The van der Waals surface area contributed by atoms with E-state index in [1.54, 1.807) is 23.1 Å². The molecule has 1 unspecified atom stereocenters. The van der Waals surface area contributed by atoms with Crippen molar-refractivity contribution in [1.82, 2.24) is 4.90 Å². The Morgan fingerprint density at radius 3 is 2.42 bits per heavy atom. The molecule has 1 saturated carbocycles. The quantitative estimate of drug-likeness (QED) is 0.418. The zero-order chi connectivity index (χ0) is 22.9. The maximum Gasteiger partial charge on any atom is 0.295 e. The predicted molar refractivity (Wildman–Crippen MR) is 121 cm³/mol. The van der Waals surface area contributed by atoms with Gasteiger partial charge in [0.05, 0.1) is 18.2 Å². The lowest BCUT2D eigenvalue weighted by molar-refractivity contribution is -0.141. The highest BCUT2D eigenvalue weighted by Gasteiger charge is 2.49. The van der Waals surface area contributed by atoms with E-state index in [0.29, 0.717) is 42.6 Å². The van der Waals surface area contributed by atoms with Crippen molar-refractivity contribution in [1.29, 1.82) is 0 Å². The fourth-order valence-electron chi connectivity index (χ4n) is 5.00. The van der Waals surface area contributed by atoms with Crippen molar-refractivity contribution in [3.05, 3.63) is 59.2 Å². The third-order valence-corrected chi connectivity index (χ3v) is 6.52. The summed E-state index contributed by atoms with van der Waals surface area (Å²) >= 11 is 0. The number of rotatable bonds is 5. The molecule has 2 heterocycles. The second-order valence-corrected chi connectivity index (χ2v) is 8.51. The van der Waals surface area contributed by atoms with Crippen LogP contribution in [0.1, 0.15) is 49.8 Å². The molecule has 1 aliphatic carbocycles. The Labute approximate surface area is 192 Å². The van der Waals surface area contributed by atoms with E-state index in [0.717, 1.165) is 31.2 Å². The molecule has 1 amide bonds. The second kappa shape index (κ2) is 8.81. The first-order valence-corrected chi connectivity index (χ1v) is 11.5. The first-order valence-electron chi connectivity index (χ1n) is 11.5. The summed E-state index contributed by atoms with van der Waals surface area (Å²) in [5.41, 5.74) is 1.29. The van der Waals surface area contributed by atoms with Gasteiger partial charge in [-0.15, -0.1) is 0 Å². The minimum atomic E-state index is -0.659. The van der Waals surface area contributed by atoms with Crippen LogP contribution in [0.3, 0.4) is 0 Å². The van der Waals surface area contributed by atoms with Gasteiger partial charge in [-0.05, 0) is 55.7 Å². The number of amides is 1. The fraction of sp³-hybridized carbons (Fsp3) is 0.385. The van der Waals surface area contributed by atoms with Gasteiger partial charge in [-0.2, -0.15) is 0 Å². The van der Waals surface area contributed by atoms with Gasteiger partial charge in [0.15, 0.2) is 11.5 Å². The summed E-state index contributed by atoms with van der Waals surface area (Å²) in [4.78, 5) is 28.1. The van der Waals surface area contributed by atoms with Crippen molar-refractivity contribution in [2.24, 2.45) is 0 Å². The average Bonchev–Trinajstić information content (AvgIpc) is 3.46. The van der Waals surface area contributed by atoms with E-state index in [1.807, 2.05) is 31.2 Å². The van der Waals surface area contributed by atoms with Crippen LogP contribution in [0, 0.1) is 0 Å². The molecule has 2 aliphatic heterocycles. The number of carbonyl (C=O) groups excluding carboxylic acids is 2. The summed E-state index contributed by atoms with van der Waals surface area (Å²) in [5.74, 6) is 0.392. The molecule has 7 nitrogen and oxygen atoms in total. The Morgan fingerprint density at radius 1 is 1.03 bits per heavy atom. The number of benzene rings is 2. The molecule has 2 aromatic carbocycles. The highest BCUT2D eigenvalue weighted by molar-refractivity contribution is 6.46. The van der Waals surface area contributed by atoms with Crippen molar-refractivity contribution >= 4 is 17.4 Å². The Morgan fingerprint density at radius 2 is 1.73 bits per heavy atom. The van der Waals surface area contributed by atoms with Gasteiger partial charge in [-0.25, -0.2) is 0 Å². The lowest BCUT2D eigenvalue weighted by Crippen LogP contribution is -2.37. The van der Waals surface area contributed by atoms with E-state index in [-0.39, 0.29) is 17.4 Å². The number of likely N-dealkylation sites (tertiary alicyclic amines) is 1. The van der Waals surface area contributed by atoms with Crippen molar-refractivity contribution in [3.63, 3.8) is 0 Å². The minimum absolute atomic E-state index is 0.0245. The summed E-state index contributed by atoms with van der Waals surface area (Å²) in [6.07, 6.45) is 3.74. The standard InChI is InChI=1S/C26H27NO6/c1-2-31-19-10-7-16(8-11-19)23-22(25(29)26(30)27(23)18-5-3-4-6-18)24(28)17-9-12-20-21(15-17)33-14-13-32-20/h7-12,15,18,23,28H,2-6,13-14H2,1H3/b24-22-. The average molecular weight is 450 g/mol. The number of Topliss-reactive ketones (excluding diaryl/α,β-unsaturated/α-hetero) is 1. The molecule has 172 valence electrons. The molecule has 0 radical (unpaired) electrons. The topological polar surface area (TPSA) is 85.3 Å². The first-order chi connectivity index (χ1) is 16.1. The second-order valence-electron chi connectivity index (χ2n) is 8.51. The zero-order valence-corrected chi connectivity index (χ0v) is 18.6. The van der Waals surface area contributed by atoms with Crippen molar-refractivity contribution in [2.45, 2.75) is 44.7 Å². The van der Waals surface area contributed by atoms with Crippen molar-refractivity contribution in [3.8, 4) is 17.2 Å². The summed E-state index contributed by atoms with van der Waals surface area (Å²) in [7, 11) is 0. The van der Waals surface area contributed by atoms with Crippen LogP contribution >= 0.6 is 0 Å². The monoisotopic (exact) mass is 449 g/mol. The van der Waals surface area contributed by atoms with Crippen LogP contribution in [0.15, 0.2) is 48.0 Å². The lowest BCUT2D eigenvalue weighted by Gasteiger charge is -2.31. The molecule has 2 aromatic rings. The Hall–Kier alpha value is -3.48. The summed E-state index contributed by atoms with van der Waals surface area (Å²) in [6, 6.07) is 11.8. The van der Waals surface area contributed by atoms with Crippen molar-refractivity contribution in [2.75, 3.05) is 19.8 Å². The Kier molecular flexibility index (Phi) is 5.70. The zero-order valence-electron chi connectivity index (χ0n) is 18.6. The molecule has 0 spiro atoms. The van der Waals surface area contributed by atoms with Gasteiger partial charge in [0.2, 0.25) is 0 Å². The molecule has 1 saturated heterocycles. The third kappa shape index (κ3) is 3.81. The molecule has 0 aromatic heterocycles. The number of carbonyl (C=O) groups is 2. The van der Waals surface area contributed by atoms with Crippen LogP contribution in [0.25, 0.3) is 5.76 Å². The third-order valence-electron chi connectivity index (χ3n) is 6.52. The van der Waals surface area contributed by atoms with Crippen LogP contribution in [0.4, 0.5) is 0 Å². The van der Waals surface area contributed by atoms with E-state index in [9.17, 15) is 14.7 Å². The number of fused-ring (bicyclic) bond motifs is 1. The molecule has 1 atom stereocenters. The van der Waals surface area contributed by atoms with Gasteiger partial charge in [-0.3, -0.25) is 9.59 Å². The molecule has 33 heavy (non-hydrogen) atoms. The van der Waals surface area contributed by atoms with Gasteiger partial charge in [0.25, 0.3) is 11.7 Å². The first kappa shape index (κ1) is 21.4. The molecular weight excluding hydrogens is 422 g/mol.